The number of nitrogens with one attached hydrogen (secondary N) is 1. The van der Waals surface area contributed by atoms with E-state index in [9.17, 15) is 9.59 Å². The minimum absolute atomic E-state index is 0.182. The maximum absolute atomic E-state index is 12.9. The molecule has 1 aliphatic heterocycles. The van der Waals surface area contributed by atoms with E-state index >= 15 is 0 Å². The molecule has 2 aromatic carbocycles. The molecule has 180 valence electrons. The molecule has 2 amide bonds. The van der Waals surface area contributed by atoms with E-state index in [0.29, 0.717) is 48.3 Å². The smallest absolute Gasteiger partial charge is 0.299 e. The van der Waals surface area contributed by atoms with Gasteiger partial charge in [0.05, 0.1) is 6.67 Å². The van der Waals surface area contributed by atoms with Gasteiger partial charge in [-0.2, -0.15) is 0 Å². The van der Waals surface area contributed by atoms with Gasteiger partial charge in [0.2, 0.25) is 5.95 Å². The third-order valence-electron chi connectivity index (χ3n) is 6.12. The Hall–Kier alpha value is -4.84. The van der Waals surface area contributed by atoms with Crippen LogP contribution in [0.3, 0.4) is 0 Å². The Balaban J connectivity index is 1.49. The number of carbonyl (C=O) groups excluding carboxylic acids is 2. The Kier molecular flexibility index (Phi) is 6.00. The van der Waals surface area contributed by atoms with Crippen LogP contribution < -0.4 is 16.0 Å². The highest BCUT2D eigenvalue weighted by molar-refractivity contribution is 6.05. The van der Waals surface area contributed by atoms with Crippen LogP contribution in [0.2, 0.25) is 0 Å². The number of anilines is 3. The molecule has 0 atom stereocenters. The van der Waals surface area contributed by atoms with E-state index in [4.69, 9.17) is 10.7 Å². The Labute approximate surface area is 208 Å². The largest absolute Gasteiger partial charge is 0.382 e. The number of aryl methyl sites for hydroxylation is 1. The average Bonchev–Trinajstić information content (AvgIpc) is 3.51. The Morgan fingerprint density at radius 2 is 1.92 bits per heavy atom. The minimum Gasteiger partial charge on any atom is -0.382 e. The summed E-state index contributed by atoms with van der Waals surface area (Å²) in [4.78, 5) is 38.0. The average molecular weight is 480 g/mol. The van der Waals surface area contributed by atoms with E-state index in [0.717, 1.165) is 16.8 Å². The van der Waals surface area contributed by atoms with Crippen LogP contribution in [0, 0.1) is 18.8 Å². The summed E-state index contributed by atoms with van der Waals surface area (Å²) in [6.45, 7) is 5.10. The van der Waals surface area contributed by atoms with Gasteiger partial charge in [-0.15, -0.1) is 0 Å². The normalized spacial score (nSPS) is 12.9. The summed E-state index contributed by atoms with van der Waals surface area (Å²) in [6.07, 6.45) is 3.43. The number of imidazole rings is 1. The van der Waals surface area contributed by atoms with E-state index in [-0.39, 0.29) is 11.8 Å². The summed E-state index contributed by atoms with van der Waals surface area (Å²) < 4.78 is 1.89. The van der Waals surface area contributed by atoms with Crippen molar-refractivity contribution in [3.05, 3.63) is 72.1 Å². The lowest BCUT2D eigenvalue weighted by atomic mass is 10.0. The van der Waals surface area contributed by atoms with Gasteiger partial charge in [0.25, 0.3) is 11.8 Å². The van der Waals surface area contributed by atoms with Crippen LogP contribution in [0.25, 0.3) is 16.8 Å². The van der Waals surface area contributed by atoms with Crippen molar-refractivity contribution in [2.75, 3.05) is 35.7 Å². The van der Waals surface area contributed by atoms with Gasteiger partial charge in [-0.25, -0.2) is 9.97 Å². The molecule has 0 spiro atoms. The first-order chi connectivity index (χ1) is 17.5. The lowest BCUT2D eigenvalue weighted by Gasteiger charge is -2.17. The first-order valence-corrected chi connectivity index (χ1v) is 11.5. The maximum atomic E-state index is 12.9. The van der Waals surface area contributed by atoms with Gasteiger partial charge >= 0.3 is 0 Å². The minimum atomic E-state index is -0.206. The fourth-order valence-corrected chi connectivity index (χ4v) is 4.36. The number of hydrogen-bond acceptors (Lipinski definition) is 6. The van der Waals surface area contributed by atoms with Crippen LogP contribution in [0.1, 0.15) is 22.8 Å². The number of aromatic nitrogens is 3. The quantitative estimate of drug-likeness (QED) is 0.435. The number of nitrogens with zero attached hydrogens (tertiary/aromatic N) is 5. The molecular formula is C27H25N7O2. The number of nitrogens with two attached hydrogens (primary N) is 1. The topological polar surface area (TPSA) is 109 Å². The number of fused-ring (bicyclic) bond motifs is 1. The zero-order chi connectivity index (χ0) is 25.2. The maximum Gasteiger partial charge on any atom is 0.299 e. The fraction of sp³-hybridized carbons (Fsp3) is 0.185. The summed E-state index contributed by atoms with van der Waals surface area (Å²) in [5, 5.41) is 2.92. The highest BCUT2D eigenvalue weighted by Crippen LogP contribution is 2.33. The van der Waals surface area contributed by atoms with Crippen molar-refractivity contribution < 1.29 is 9.59 Å². The molecule has 1 saturated heterocycles. The van der Waals surface area contributed by atoms with E-state index in [1.54, 1.807) is 24.1 Å². The van der Waals surface area contributed by atoms with E-state index < -0.39 is 0 Å². The molecule has 9 nitrogen and oxygen atoms in total. The van der Waals surface area contributed by atoms with Crippen LogP contribution in [0.15, 0.2) is 60.9 Å². The Morgan fingerprint density at radius 1 is 1.11 bits per heavy atom. The molecule has 3 N–H and O–H groups in total. The highest BCUT2D eigenvalue weighted by atomic mass is 16.2. The van der Waals surface area contributed by atoms with Crippen LogP contribution in [-0.4, -0.2) is 50.8 Å². The number of hydrogen-bond donors (Lipinski definition) is 2. The van der Waals surface area contributed by atoms with Gasteiger partial charge in [0.15, 0.2) is 0 Å². The second kappa shape index (κ2) is 9.43. The number of amides is 2. The van der Waals surface area contributed by atoms with Gasteiger partial charge in [-0.1, -0.05) is 30.2 Å². The first kappa shape index (κ1) is 22.9. The predicted molar refractivity (Wildman–Crippen MR) is 139 cm³/mol. The molecule has 0 saturated carbocycles. The molecule has 9 heteroatoms. The lowest BCUT2D eigenvalue weighted by Crippen LogP contribution is -2.30. The van der Waals surface area contributed by atoms with Crippen molar-refractivity contribution >= 4 is 34.8 Å². The highest BCUT2D eigenvalue weighted by Gasteiger charge is 2.28. The summed E-state index contributed by atoms with van der Waals surface area (Å²) in [6, 6.07) is 14.9. The predicted octanol–water partition coefficient (Wildman–Crippen LogP) is 3.17. The molecule has 1 aliphatic rings. The van der Waals surface area contributed by atoms with Gasteiger partial charge in [0, 0.05) is 42.3 Å². The van der Waals surface area contributed by atoms with Gasteiger partial charge in [0.1, 0.15) is 17.0 Å². The molecule has 1 fully saturated rings. The third-order valence-corrected chi connectivity index (χ3v) is 6.12. The summed E-state index contributed by atoms with van der Waals surface area (Å²) in [5.41, 5.74) is 10.5. The molecule has 0 aliphatic carbocycles. The van der Waals surface area contributed by atoms with Crippen LogP contribution in [0.5, 0.6) is 0 Å². The Bertz CT molecular complexity index is 1530. The molecule has 0 unspecified atom stereocenters. The SMILES string of the molecule is CC#CC(=O)N1CCN(c2nc(-c3ccc(C(=O)Nc4ccccc4)c(C)c3)c3c(N)nccn23)C1. The van der Waals surface area contributed by atoms with Gasteiger partial charge in [-0.3, -0.25) is 14.0 Å². The first-order valence-electron chi connectivity index (χ1n) is 11.5. The second-order valence-corrected chi connectivity index (χ2v) is 8.49. The molecule has 2 aromatic heterocycles. The van der Waals surface area contributed by atoms with E-state index in [1.807, 2.05) is 64.9 Å². The van der Waals surface area contributed by atoms with Crippen molar-refractivity contribution in [1.29, 1.82) is 0 Å². The summed E-state index contributed by atoms with van der Waals surface area (Å²) in [7, 11) is 0. The molecule has 3 heterocycles. The number of rotatable bonds is 4. The third kappa shape index (κ3) is 4.20. The molecule has 5 rings (SSSR count). The molecule has 0 radical (unpaired) electrons. The zero-order valence-corrected chi connectivity index (χ0v) is 20.0. The lowest BCUT2D eigenvalue weighted by molar-refractivity contribution is -0.124. The number of carbonyl (C=O) groups is 2. The summed E-state index contributed by atoms with van der Waals surface area (Å²) in [5.74, 6) is 5.87. The van der Waals surface area contributed by atoms with Gasteiger partial charge < -0.3 is 20.9 Å². The number of nitrogen functional groups attached to an aromatic ring is 1. The number of para-hydroxylation sites is 1. The van der Waals surface area contributed by atoms with E-state index in [2.05, 4.69) is 22.1 Å². The monoisotopic (exact) mass is 479 g/mol. The van der Waals surface area contributed by atoms with Crippen molar-refractivity contribution in [3.63, 3.8) is 0 Å². The van der Waals surface area contributed by atoms with Crippen molar-refractivity contribution in [2.24, 2.45) is 0 Å². The molecule has 4 aromatic rings. The molecular weight excluding hydrogens is 454 g/mol. The summed E-state index contributed by atoms with van der Waals surface area (Å²) >= 11 is 0. The van der Waals surface area contributed by atoms with Gasteiger partial charge in [-0.05, 0) is 49.6 Å². The molecule has 36 heavy (non-hydrogen) atoms. The van der Waals surface area contributed by atoms with Crippen LogP contribution in [-0.2, 0) is 4.79 Å². The van der Waals surface area contributed by atoms with Crippen LogP contribution in [0.4, 0.5) is 17.5 Å². The van der Waals surface area contributed by atoms with Crippen molar-refractivity contribution in [2.45, 2.75) is 13.8 Å². The van der Waals surface area contributed by atoms with Crippen molar-refractivity contribution in [3.8, 4) is 23.1 Å². The fourth-order valence-electron chi connectivity index (χ4n) is 4.36. The Morgan fingerprint density at radius 3 is 2.67 bits per heavy atom. The number of benzene rings is 2. The van der Waals surface area contributed by atoms with Crippen LogP contribution >= 0.6 is 0 Å². The van der Waals surface area contributed by atoms with Crippen molar-refractivity contribution in [1.82, 2.24) is 19.3 Å². The molecule has 0 bridgehead atoms. The zero-order valence-electron chi connectivity index (χ0n) is 20.0. The standard InChI is InChI=1S/C27H25N7O2/c1-3-7-22(35)32-14-15-33(17-32)27-31-23(24-25(28)29-12-13-34(24)27)19-10-11-21(18(2)16-19)26(36)30-20-8-5-4-6-9-20/h4-6,8-13,16H,14-15,17H2,1-2H3,(H2,28,29)(H,30,36). The van der Waals surface area contributed by atoms with E-state index in [1.165, 1.54) is 0 Å². The second-order valence-electron chi connectivity index (χ2n) is 8.49.